The van der Waals surface area contributed by atoms with Gasteiger partial charge in [-0.2, -0.15) is 0 Å². The van der Waals surface area contributed by atoms with E-state index in [2.05, 4.69) is 29.0 Å². The Hall–Kier alpha value is -1.89. The second-order valence-corrected chi connectivity index (χ2v) is 4.03. The van der Waals surface area contributed by atoms with Crippen LogP contribution in [0.4, 0.5) is 0 Å². The van der Waals surface area contributed by atoms with Crippen LogP contribution in [0.1, 0.15) is 11.1 Å². The van der Waals surface area contributed by atoms with Crippen molar-refractivity contribution in [2.45, 2.75) is 6.92 Å². The third kappa shape index (κ3) is 4.17. The Labute approximate surface area is 113 Å². The summed E-state index contributed by atoms with van der Waals surface area (Å²) < 4.78 is 0. The van der Waals surface area contributed by atoms with Crippen molar-refractivity contribution in [1.82, 2.24) is 0 Å². The van der Waals surface area contributed by atoms with Crippen molar-refractivity contribution in [2.24, 2.45) is 9.98 Å². The molecule has 0 aliphatic heterocycles. The van der Waals surface area contributed by atoms with E-state index in [0.717, 1.165) is 16.8 Å². The Kier molecular flexibility index (Phi) is 5.86. The minimum absolute atomic E-state index is 0.520. The first-order valence-electron chi connectivity index (χ1n) is 5.46. The lowest BCUT2D eigenvalue weighted by atomic mass is 10.0. The van der Waals surface area contributed by atoms with Gasteiger partial charge in [-0.25, -0.2) is 0 Å². The highest BCUT2D eigenvalue weighted by atomic mass is 35.5. The predicted molar refractivity (Wildman–Crippen MR) is 80.0 cm³/mol. The average molecular weight is 259 g/mol. The van der Waals surface area contributed by atoms with E-state index in [1.54, 1.807) is 12.3 Å². The number of nitrogens with zero attached hydrogens (tertiary/aromatic N) is 2. The van der Waals surface area contributed by atoms with Crippen LogP contribution in [-0.4, -0.2) is 19.0 Å². The van der Waals surface area contributed by atoms with Gasteiger partial charge in [-0.05, 0) is 43.5 Å². The number of benzene rings is 1. The molecule has 2 nitrogen and oxygen atoms in total. The Morgan fingerprint density at radius 2 is 2.28 bits per heavy atom. The number of allylic oxidation sites excluding steroid dienone is 1. The van der Waals surface area contributed by atoms with E-state index in [1.165, 1.54) is 0 Å². The molecular formula is C15H15ClN2. The maximum absolute atomic E-state index is 6.01. The van der Waals surface area contributed by atoms with Crippen molar-refractivity contribution in [2.75, 3.05) is 6.54 Å². The summed E-state index contributed by atoms with van der Waals surface area (Å²) in [5.74, 6) is 0. The molecule has 0 spiro atoms. The van der Waals surface area contributed by atoms with Crippen molar-refractivity contribution in [3.8, 4) is 0 Å². The fourth-order valence-corrected chi connectivity index (χ4v) is 1.60. The van der Waals surface area contributed by atoms with E-state index in [9.17, 15) is 0 Å². The van der Waals surface area contributed by atoms with Gasteiger partial charge in [-0.15, -0.1) is 5.73 Å². The van der Waals surface area contributed by atoms with E-state index in [1.807, 2.05) is 31.2 Å². The normalized spacial score (nSPS) is 11.3. The van der Waals surface area contributed by atoms with Crippen LogP contribution in [0.3, 0.4) is 0 Å². The van der Waals surface area contributed by atoms with Gasteiger partial charge in [0.05, 0.1) is 12.3 Å². The number of rotatable bonds is 5. The molecule has 0 amide bonds. The van der Waals surface area contributed by atoms with E-state index >= 15 is 0 Å². The highest BCUT2D eigenvalue weighted by Crippen LogP contribution is 2.17. The summed E-state index contributed by atoms with van der Waals surface area (Å²) in [7, 11) is 0. The Balaban J connectivity index is 3.19. The summed E-state index contributed by atoms with van der Waals surface area (Å²) in [6, 6.07) is 5.71. The molecule has 3 heteroatoms. The lowest BCUT2D eigenvalue weighted by Gasteiger charge is -2.06. The first-order valence-corrected chi connectivity index (χ1v) is 5.84. The van der Waals surface area contributed by atoms with Crippen LogP contribution in [0.15, 0.2) is 58.8 Å². The third-order valence-corrected chi connectivity index (χ3v) is 2.55. The fourth-order valence-electron chi connectivity index (χ4n) is 1.43. The minimum Gasteiger partial charge on any atom is -0.280 e. The van der Waals surface area contributed by atoms with Gasteiger partial charge in [0.25, 0.3) is 0 Å². The number of hydrogen-bond acceptors (Lipinski definition) is 2. The van der Waals surface area contributed by atoms with Gasteiger partial charge in [0.15, 0.2) is 0 Å². The van der Waals surface area contributed by atoms with Crippen LogP contribution >= 0.6 is 11.6 Å². The molecule has 0 heterocycles. The van der Waals surface area contributed by atoms with Gasteiger partial charge in [-0.1, -0.05) is 24.2 Å². The fraction of sp³-hybridized carbons (Fsp3) is 0.133. The van der Waals surface area contributed by atoms with Gasteiger partial charge < -0.3 is 0 Å². The Morgan fingerprint density at radius 3 is 2.94 bits per heavy atom. The molecule has 0 aliphatic rings. The zero-order valence-corrected chi connectivity index (χ0v) is 11.1. The van der Waals surface area contributed by atoms with Gasteiger partial charge >= 0.3 is 0 Å². The second kappa shape index (κ2) is 7.44. The molecule has 1 rings (SSSR count). The summed E-state index contributed by atoms with van der Waals surface area (Å²) in [4.78, 5) is 8.15. The zero-order valence-electron chi connectivity index (χ0n) is 10.4. The number of aliphatic imine (C=N–C) groups is 2. The van der Waals surface area contributed by atoms with E-state index in [4.69, 9.17) is 11.6 Å². The first-order chi connectivity index (χ1) is 8.69. The molecule has 0 radical (unpaired) electrons. The average Bonchev–Trinajstić information content (AvgIpc) is 2.37. The van der Waals surface area contributed by atoms with E-state index in [0.29, 0.717) is 11.6 Å². The van der Waals surface area contributed by atoms with E-state index in [-0.39, 0.29) is 0 Å². The lowest BCUT2D eigenvalue weighted by molar-refractivity contribution is 1.24. The molecule has 18 heavy (non-hydrogen) atoms. The highest BCUT2D eigenvalue weighted by Gasteiger charge is 2.04. The maximum atomic E-state index is 6.01. The summed E-state index contributed by atoms with van der Waals surface area (Å²) in [6.45, 7) is 9.46. The quantitative estimate of drug-likeness (QED) is 0.564. The molecule has 0 saturated carbocycles. The Morgan fingerprint density at radius 1 is 1.50 bits per heavy atom. The Bertz CT molecular complexity index is 535. The SMILES string of the molecule is C=C=CC/N=C(\C=C/N=C)c1cc(Cl)ccc1C. The first kappa shape index (κ1) is 14.2. The van der Waals surface area contributed by atoms with Gasteiger partial charge in [0.2, 0.25) is 0 Å². The summed E-state index contributed by atoms with van der Waals surface area (Å²) in [5, 5.41) is 0.683. The van der Waals surface area contributed by atoms with Crippen molar-refractivity contribution in [3.05, 3.63) is 65.0 Å². The van der Waals surface area contributed by atoms with Gasteiger partial charge in [-0.3, -0.25) is 9.98 Å². The predicted octanol–water partition coefficient (Wildman–Crippen LogP) is 3.99. The van der Waals surface area contributed by atoms with Crippen LogP contribution in [0, 0.1) is 6.92 Å². The van der Waals surface area contributed by atoms with Crippen LogP contribution in [0.2, 0.25) is 5.02 Å². The molecule has 0 fully saturated rings. The van der Waals surface area contributed by atoms with Crippen molar-refractivity contribution in [1.29, 1.82) is 0 Å². The molecule has 0 unspecified atom stereocenters. The summed E-state index contributed by atoms with van der Waals surface area (Å²) in [6.07, 6.45) is 5.18. The van der Waals surface area contributed by atoms with Crippen molar-refractivity contribution >= 4 is 24.0 Å². The van der Waals surface area contributed by atoms with Crippen LogP contribution < -0.4 is 0 Å². The van der Waals surface area contributed by atoms with Gasteiger partial charge in [0, 0.05) is 16.8 Å². The maximum Gasteiger partial charge on any atom is 0.0669 e. The molecule has 0 aliphatic carbocycles. The van der Waals surface area contributed by atoms with Crippen LogP contribution in [0.25, 0.3) is 0 Å². The standard InChI is InChI=1S/C15H15ClN2/c1-4-5-9-18-15(8-10-17-3)14-11-13(16)7-6-12(14)2/h5-8,10-11H,1,3,9H2,2H3/b10-8-,18-15+. The molecule has 0 saturated heterocycles. The van der Waals surface area contributed by atoms with Crippen molar-refractivity contribution < 1.29 is 0 Å². The molecule has 1 aromatic rings. The van der Waals surface area contributed by atoms with Crippen molar-refractivity contribution in [3.63, 3.8) is 0 Å². The number of aryl methyl sites for hydroxylation is 1. The lowest BCUT2D eigenvalue weighted by Crippen LogP contribution is -2.01. The smallest absolute Gasteiger partial charge is 0.0669 e. The molecule has 92 valence electrons. The summed E-state index contributed by atoms with van der Waals surface area (Å²) >= 11 is 6.01. The third-order valence-electron chi connectivity index (χ3n) is 2.31. The molecule has 0 aromatic heterocycles. The number of hydrogen-bond donors (Lipinski definition) is 0. The topological polar surface area (TPSA) is 24.7 Å². The van der Waals surface area contributed by atoms with Gasteiger partial charge in [0.1, 0.15) is 0 Å². The molecule has 0 bridgehead atoms. The van der Waals surface area contributed by atoms with E-state index < -0.39 is 0 Å². The highest BCUT2D eigenvalue weighted by molar-refractivity contribution is 6.31. The monoisotopic (exact) mass is 258 g/mol. The largest absolute Gasteiger partial charge is 0.280 e. The number of halogens is 1. The zero-order chi connectivity index (χ0) is 13.4. The molecule has 0 atom stereocenters. The molecule has 0 N–H and O–H groups in total. The van der Waals surface area contributed by atoms with Crippen LogP contribution in [-0.2, 0) is 0 Å². The second-order valence-electron chi connectivity index (χ2n) is 3.59. The molecular weight excluding hydrogens is 244 g/mol. The molecule has 1 aromatic carbocycles. The summed E-state index contributed by atoms with van der Waals surface area (Å²) in [5.41, 5.74) is 5.59. The minimum atomic E-state index is 0.520. The van der Waals surface area contributed by atoms with Crippen LogP contribution in [0.5, 0.6) is 0 Å².